The number of carbonyl (C=O) groups excluding carboxylic acids is 2. The lowest BCUT2D eigenvalue weighted by molar-refractivity contribution is 0.00578. The van der Waals surface area contributed by atoms with E-state index in [1.54, 1.807) is 39.0 Å². The monoisotopic (exact) mass is 435 g/mol. The van der Waals surface area contributed by atoms with Crippen LogP contribution in [0.5, 0.6) is 0 Å². The van der Waals surface area contributed by atoms with Crippen molar-refractivity contribution >= 4 is 36.7 Å². The second-order valence-electron chi connectivity index (χ2n) is 9.46. The number of benzene rings is 1. The maximum atomic E-state index is 12.2. The van der Waals surface area contributed by atoms with Crippen molar-refractivity contribution in [2.75, 3.05) is 6.54 Å². The summed E-state index contributed by atoms with van der Waals surface area (Å²) in [5, 5.41) is 3.18. The van der Waals surface area contributed by atoms with Gasteiger partial charge in [-0.3, -0.25) is 4.79 Å². The largest absolute Gasteiger partial charge is 0.492 e. The molecule has 0 bridgehead atoms. The molecule has 0 radical (unpaired) electrons. The lowest BCUT2D eigenvalue weighted by Crippen LogP contribution is -2.41. The first-order valence-corrected chi connectivity index (χ1v) is 10.3. The molecule has 0 aliphatic carbocycles. The highest BCUT2D eigenvalue weighted by atomic mass is 35.5. The number of Topliss-reactive ketones (excluding diaryl/α,β-unsaturated/α-hetero) is 1. The molecule has 1 saturated heterocycles. The minimum Gasteiger partial charge on any atom is -0.444 e. The van der Waals surface area contributed by atoms with Gasteiger partial charge in [-0.05, 0) is 72.5 Å². The van der Waals surface area contributed by atoms with Crippen LogP contribution in [0.25, 0.3) is 6.08 Å². The van der Waals surface area contributed by atoms with Crippen molar-refractivity contribution < 1.29 is 23.6 Å². The van der Waals surface area contributed by atoms with E-state index >= 15 is 0 Å². The van der Waals surface area contributed by atoms with E-state index in [9.17, 15) is 9.59 Å². The third-order valence-corrected chi connectivity index (χ3v) is 5.47. The average molecular weight is 436 g/mol. The van der Waals surface area contributed by atoms with Gasteiger partial charge in [0.05, 0.1) is 11.2 Å². The summed E-state index contributed by atoms with van der Waals surface area (Å²) in [4.78, 5) is 23.8. The van der Waals surface area contributed by atoms with Gasteiger partial charge in [-0.15, -0.1) is 0 Å². The van der Waals surface area contributed by atoms with Gasteiger partial charge >= 0.3 is 13.2 Å². The van der Waals surface area contributed by atoms with Crippen LogP contribution in [0.3, 0.4) is 0 Å². The van der Waals surface area contributed by atoms with Crippen LogP contribution in [0, 0.1) is 0 Å². The first kappa shape index (κ1) is 24.4. The molecule has 0 aromatic heterocycles. The number of hydrogen-bond donors (Lipinski definition) is 1. The molecule has 6 nitrogen and oxygen atoms in total. The summed E-state index contributed by atoms with van der Waals surface area (Å²) < 4.78 is 17.6. The van der Waals surface area contributed by atoms with Crippen molar-refractivity contribution in [2.45, 2.75) is 72.2 Å². The molecule has 0 unspecified atom stereocenters. The first-order chi connectivity index (χ1) is 13.6. The van der Waals surface area contributed by atoms with Gasteiger partial charge in [0, 0.05) is 17.1 Å². The number of alkyl carbamates (subject to hydrolysis) is 1. The Kier molecular flexibility index (Phi) is 7.12. The smallest absolute Gasteiger partial charge is 0.444 e. The minimum atomic E-state index is -0.673. The van der Waals surface area contributed by atoms with Crippen LogP contribution in [0.15, 0.2) is 23.7 Å². The molecule has 1 fully saturated rings. The highest BCUT2D eigenvalue weighted by Gasteiger charge is 2.52. The van der Waals surface area contributed by atoms with E-state index in [1.165, 1.54) is 6.92 Å². The zero-order valence-corrected chi connectivity index (χ0v) is 19.8. The lowest BCUT2D eigenvalue weighted by Gasteiger charge is -2.32. The summed E-state index contributed by atoms with van der Waals surface area (Å²) in [6.07, 6.45) is 1.27. The van der Waals surface area contributed by atoms with Crippen LogP contribution < -0.4 is 5.32 Å². The van der Waals surface area contributed by atoms with E-state index in [-0.39, 0.29) is 12.3 Å². The quantitative estimate of drug-likeness (QED) is 0.515. The zero-order valence-electron chi connectivity index (χ0n) is 19.0. The molecule has 30 heavy (non-hydrogen) atoms. The molecule has 164 valence electrons. The molecule has 0 atom stereocenters. The molecule has 2 rings (SSSR count). The first-order valence-electron chi connectivity index (χ1n) is 9.95. The number of halogens is 1. The van der Waals surface area contributed by atoms with E-state index in [2.05, 4.69) is 5.32 Å². The summed E-state index contributed by atoms with van der Waals surface area (Å²) in [5.41, 5.74) is 0.218. The van der Waals surface area contributed by atoms with Crippen molar-refractivity contribution in [3.8, 4) is 0 Å². The Balaban J connectivity index is 2.33. The van der Waals surface area contributed by atoms with Crippen LogP contribution in [0.1, 0.15) is 71.3 Å². The fourth-order valence-corrected chi connectivity index (χ4v) is 2.98. The Bertz CT molecular complexity index is 842. The van der Waals surface area contributed by atoms with Crippen LogP contribution in [-0.4, -0.2) is 42.3 Å². The Morgan fingerprint density at radius 3 is 2.20 bits per heavy atom. The van der Waals surface area contributed by atoms with E-state index in [1.807, 2.05) is 33.8 Å². The summed E-state index contributed by atoms with van der Waals surface area (Å²) in [7, 11) is -0.673. The lowest BCUT2D eigenvalue weighted by atomic mass is 9.77. The van der Waals surface area contributed by atoms with Gasteiger partial charge in [-0.1, -0.05) is 29.8 Å². The molecule has 0 spiro atoms. The third-order valence-electron chi connectivity index (χ3n) is 5.14. The summed E-state index contributed by atoms with van der Waals surface area (Å²) >= 11 is 6.40. The van der Waals surface area contributed by atoms with Crippen LogP contribution in [0.4, 0.5) is 4.79 Å². The van der Waals surface area contributed by atoms with Crippen LogP contribution in [-0.2, 0) is 14.0 Å². The fourth-order valence-electron chi connectivity index (χ4n) is 2.75. The molecule has 1 aliphatic heterocycles. The molecule has 1 heterocycles. The molecule has 8 heteroatoms. The Labute approximate surface area is 184 Å². The Morgan fingerprint density at radius 2 is 1.73 bits per heavy atom. The molecule has 1 aromatic carbocycles. The highest BCUT2D eigenvalue weighted by Crippen LogP contribution is 2.39. The number of hydrogen-bond acceptors (Lipinski definition) is 5. The SMILES string of the molecule is CC(=O)c1ccc(C=C(CNC(=O)OC(C)(C)C)B2OC(C)(C)C(C)(C)O2)c(Cl)c1. The van der Waals surface area contributed by atoms with Gasteiger partial charge in [0.2, 0.25) is 0 Å². The highest BCUT2D eigenvalue weighted by molar-refractivity contribution is 6.56. The van der Waals surface area contributed by atoms with Gasteiger partial charge in [0.1, 0.15) is 5.60 Å². The van der Waals surface area contributed by atoms with Crippen molar-refractivity contribution in [2.24, 2.45) is 0 Å². The predicted octanol–water partition coefficient (Wildman–Crippen LogP) is 5.08. The van der Waals surface area contributed by atoms with Gasteiger partial charge in [-0.25, -0.2) is 4.79 Å². The van der Waals surface area contributed by atoms with Crippen molar-refractivity contribution in [3.63, 3.8) is 0 Å². The summed E-state index contributed by atoms with van der Waals surface area (Å²) in [6.45, 7) is 14.9. The van der Waals surface area contributed by atoms with Crippen molar-refractivity contribution in [3.05, 3.63) is 39.8 Å². The van der Waals surface area contributed by atoms with Crippen molar-refractivity contribution in [1.29, 1.82) is 0 Å². The topological polar surface area (TPSA) is 73.9 Å². The predicted molar refractivity (Wildman–Crippen MR) is 120 cm³/mol. The summed E-state index contributed by atoms with van der Waals surface area (Å²) in [5.74, 6) is -0.0646. The average Bonchev–Trinajstić information content (AvgIpc) is 2.78. The number of carbonyl (C=O) groups is 2. The number of nitrogens with one attached hydrogen (secondary N) is 1. The standard InChI is InChI=1S/C22H31BClNO5/c1-14(26)15-9-10-16(18(24)12-15)11-17(13-25-19(27)28-20(2,3)4)23-29-21(5,6)22(7,8)30-23/h9-12H,13H2,1-8H3,(H,25,27). The van der Waals surface area contributed by atoms with Crippen molar-refractivity contribution in [1.82, 2.24) is 5.32 Å². The maximum absolute atomic E-state index is 12.2. The number of ketones is 1. The molecule has 0 saturated carbocycles. The van der Waals surface area contributed by atoms with E-state index in [0.29, 0.717) is 21.6 Å². The number of ether oxygens (including phenoxy) is 1. The molecule has 1 N–H and O–H groups in total. The minimum absolute atomic E-state index is 0.0646. The third kappa shape index (κ3) is 6.09. The number of amides is 1. The van der Waals surface area contributed by atoms with Crippen LogP contribution >= 0.6 is 11.6 Å². The second-order valence-corrected chi connectivity index (χ2v) is 9.86. The number of rotatable bonds is 5. The Morgan fingerprint density at radius 1 is 1.17 bits per heavy atom. The Hall–Kier alpha value is -1.83. The zero-order chi connectivity index (χ0) is 22.9. The normalized spacial score (nSPS) is 18.3. The molecule has 1 amide bonds. The second kappa shape index (κ2) is 8.73. The van der Waals surface area contributed by atoms with Crippen LogP contribution in [0.2, 0.25) is 5.02 Å². The van der Waals surface area contributed by atoms with Gasteiger partial charge in [0.15, 0.2) is 5.78 Å². The van der Waals surface area contributed by atoms with E-state index in [0.717, 1.165) is 0 Å². The van der Waals surface area contributed by atoms with Gasteiger partial charge in [-0.2, -0.15) is 0 Å². The van der Waals surface area contributed by atoms with E-state index < -0.39 is 30.0 Å². The maximum Gasteiger partial charge on any atom is 0.492 e. The molecular weight excluding hydrogens is 405 g/mol. The van der Waals surface area contributed by atoms with E-state index in [4.69, 9.17) is 25.6 Å². The molecular formula is C22H31BClNO5. The fraction of sp³-hybridized carbons (Fsp3) is 0.545. The van der Waals surface area contributed by atoms with Gasteiger partial charge < -0.3 is 19.4 Å². The summed E-state index contributed by atoms with van der Waals surface area (Å²) in [6, 6.07) is 5.10. The molecule has 1 aliphatic rings. The molecule has 1 aromatic rings. The van der Waals surface area contributed by atoms with Gasteiger partial charge in [0.25, 0.3) is 0 Å².